The van der Waals surface area contributed by atoms with Crippen molar-refractivity contribution < 1.29 is 29.9 Å². The minimum absolute atomic E-state index is 0.0916. The fourth-order valence-corrected chi connectivity index (χ4v) is 1.71. The van der Waals surface area contributed by atoms with E-state index in [0.717, 1.165) is 0 Å². The third-order valence-corrected chi connectivity index (χ3v) is 2.42. The van der Waals surface area contributed by atoms with E-state index in [2.05, 4.69) is 12.2 Å². The lowest BCUT2D eigenvalue weighted by atomic mass is 9.99. The van der Waals surface area contributed by atoms with Crippen molar-refractivity contribution in [3.63, 3.8) is 0 Å². The normalized spacial score (nSPS) is 41.3. The highest BCUT2D eigenvalue weighted by Gasteiger charge is 2.45. The number of aliphatic hydroxyl groups is 4. The molecule has 1 aliphatic rings. The van der Waals surface area contributed by atoms with Gasteiger partial charge in [0.1, 0.15) is 18.3 Å². The molecule has 0 saturated carbocycles. The van der Waals surface area contributed by atoms with Gasteiger partial charge in [-0.3, -0.25) is 0 Å². The van der Waals surface area contributed by atoms with E-state index in [1.165, 1.54) is 0 Å². The summed E-state index contributed by atoms with van der Waals surface area (Å²) in [5.74, 6) is 0. The Morgan fingerprint density at radius 2 is 1.93 bits per heavy atom. The summed E-state index contributed by atoms with van der Waals surface area (Å²) in [6.45, 7) is -0.503. The van der Waals surface area contributed by atoms with Gasteiger partial charge in [0, 0.05) is 22.6 Å². The van der Waals surface area contributed by atoms with Crippen LogP contribution >= 0.6 is 34.8 Å². The summed E-state index contributed by atoms with van der Waals surface area (Å²) in [4.78, 5) is 0. The van der Waals surface area contributed by atoms with Crippen molar-refractivity contribution in [1.29, 1.82) is 0 Å². The molecule has 5 atom stereocenters. The van der Waals surface area contributed by atoms with E-state index in [-0.39, 0.29) is 3.06 Å². The molecule has 0 aromatic rings. The molecule has 15 heavy (non-hydrogen) atoms. The highest BCUT2D eigenvalue weighted by Crippen LogP contribution is 2.23. The molecule has 0 radical (unpaired) electrons. The lowest BCUT2D eigenvalue weighted by Crippen LogP contribution is -2.59. The molecular formula is C7H11IO6S. The average molecular weight is 350 g/mol. The fraction of sp³-hybridized carbons (Fsp3) is 0.857. The maximum atomic E-state index is 9.57. The molecular weight excluding hydrogens is 339 g/mol. The Morgan fingerprint density at radius 3 is 2.40 bits per heavy atom. The summed E-state index contributed by atoms with van der Waals surface area (Å²) >= 11 is 6.32. The van der Waals surface area contributed by atoms with Crippen LogP contribution in [0, 0.1) is 0 Å². The number of ether oxygens (including phenoxy) is 2. The molecule has 8 heteroatoms. The quantitative estimate of drug-likeness (QED) is 0.274. The van der Waals surface area contributed by atoms with Gasteiger partial charge in [0.25, 0.3) is 0 Å². The largest absolute Gasteiger partial charge is 0.467 e. The zero-order valence-corrected chi connectivity index (χ0v) is 10.5. The molecule has 1 unspecified atom stereocenters. The zero-order chi connectivity index (χ0) is 11.6. The predicted octanol–water partition coefficient (Wildman–Crippen LogP) is -1.48. The Kier molecular flexibility index (Phi) is 5.09. The predicted molar refractivity (Wildman–Crippen MR) is 61.5 cm³/mol. The van der Waals surface area contributed by atoms with Crippen molar-refractivity contribution in [3.8, 4) is 0 Å². The van der Waals surface area contributed by atoms with Crippen LogP contribution in [0.15, 0.2) is 0 Å². The van der Waals surface area contributed by atoms with Crippen LogP contribution in [0.2, 0.25) is 0 Å². The van der Waals surface area contributed by atoms with Crippen molar-refractivity contribution >= 4 is 37.9 Å². The molecule has 6 nitrogen and oxygen atoms in total. The standard InChI is InChI=1S/C7H11IO6S/c8-7(15)14-5-4(11)3(10)2(1-9)13-6(5)12/h2-6,9-12H,1H2/t2-,3-,4-,5+,6?/m0/s1. The number of hydrogen-bond donors (Lipinski definition) is 4. The van der Waals surface area contributed by atoms with Crippen LogP contribution < -0.4 is 0 Å². The van der Waals surface area contributed by atoms with Crippen LogP contribution in [0.25, 0.3) is 0 Å². The number of hydrogen-bond acceptors (Lipinski definition) is 7. The van der Waals surface area contributed by atoms with E-state index in [4.69, 9.17) is 14.6 Å². The van der Waals surface area contributed by atoms with Crippen LogP contribution in [0.1, 0.15) is 0 Å². The molecule has 1 fully saturated rings. The third kappa shape index (κ3) is 3.19. The minimum Gasteiger partial charge on any atom is -0.467 e. The van der Waals surface area contributed by atoms with Crippen molar-refractivity contribution in [1.82, 2.24) is 0 Å². The van der Waals surface area contributed by atoms with Gasteiger partial charge in [-0.05, 0) is 12.2 Å². The van der Waals surface area contributed by atoms with Crippen molar-refractivity contribution in [3.05, 3.63) is 0 Å². The van der Waals surface area contributed by atoms with Crippen LogP contribution in [0.5, 0.6) is 0 Å². The zero-order valence-electron chi connectivity index (χ0n) is 7.49. The van der Waals surface area contributed by atoms with Crippen molar-refractivity contribution in [2.45, 2.75) is 30.7 Å². The minimum atomic E-state index is -1.44. The second kappa shape index (κ2) is 5.66. The van der Waals surface area contributed by atoms with Crippen molar-refractivity contribution in [2.24, 2.45) is 0 Å². The second-order valence-electron chi connectivity index (χ2n) is 3.05. The number of aliphatic hydroxyl groups excluding tert-OH is 4. The van der Waals surface area contributed by atoms with Gasteiger partial charge in [-0.2, -0.15) is 0 Å². The molecule has 0 spiro atoms. The van der Waals surface area contributed by atoms with Gasteiger partial charge in [0.2, 0.25) is 3.06 Å². The van der Waals surface area contributed by atoms with Crippen LogP contribution in [0.4, 0.5) is 0 Å². The molecule has 1 rings (SSSR count). The Hall–Kier alpha value is 0.420. The van der Waals surface area contributed by atoms with Gasteiger partial charge in [0.05, 0.1) is 6.61 Å². The molecule has 0 aromatic carbocycles. The molecule has 1 heterocycles. The molecule has 4 N–H and O–H groups in total. The first-order valence-electron chi connectivity index (χ1n) is 4.14. The van der Waals surface area contributed by atoms with E-state index in [9.17, 15) is 15.3 Å². The summed E-state index contributed by atoms with van der Waals surface area (Å²) in [6.07, 6.45) is -6.30. The van der Waals surface area contributed by atoms with Crippen LogP contribution in [0.3, 0.4) is 0 Å². The van der Waals surface area contributed by atoms with Crippen LogP contribution in [-0.2, 0) is 9.47 Å². The summed E-state index contributed by atoms with van der Waals surface area (Å²) in [5.41, 5.74) is 0. The maximum Gasteiger partial charge on any atom is 0.222 e. The second-order valence-corrected chi connectivity index (χ2v) is 5.13. The van der Waals surface area contributed by atoms with Gasteiger partial charge >= 0.3 is 0 Å². The topological polar surface area (TPSA) is 99.4 Å². The van der Waals surface area contributed by atoms with Gasteiger partial charge in [-0.1, -0.05) is 0 Å². The number of thiocarbonyl (C=S) groups is 1. The van der Waals surface area contributed by atoms with E-state index < -0.39 is 37.3 Å². The Balaban J connectivity index is 2.70. The first-order valence-corrected chi connectivity index (χ1v) is 5.62. The summed E-state index contributed by atoms with van der Waals surface area (Å²) in [7, 11) is 0. The summed E-state index contributed by atoms with van der Waals surface area (Å²) in [5, 5.41) is 37.2. The molecule has 1 aliphatic heterocycles. The van der Waals surface area contributed by atoms with Crippen molar-refractivity contribution in [2.75, 3.05) is 6.61 Å². The highest BCUT2D eigenvalue weighted by atomic mass is 127. The fourth-order valence-electron chi connectivity index (χ4n) is 1.31. The number of rotatable bonds is 2. The van der Waals surface area contributed by atoms with E-state index in [1.54, 1.807) is 22.6 Å². The highest BCUT2D eigenvalue weighted by molar-refractivity contribution is 14.1. The number of halogens is 1. The van der Waals surface area contributed by atoms with Gasteiger partial charge in [-0.25, -0.2) is 0 Å². The molecule has 0 aromatic heterocycles. The molecule has 1 saturated heterocycles. The van der Waals surface area contributed by atoms with Gasteiger partial charge < -0.3 is 29.9 Å². The van der Waals surface area contributed by atoms with Crippen LogP contribution in [-0.4, -0.2) is 60.8 Å². The smallest absolute Gasteiger partial charge is 0.222 e. The third-order valence-electron chi connectivity index (χ3n) is 2.07. The molecule has 88 valence electrons. The van der Waals surface area contributed by atoms with E-state index in [0.29, 0.717) is 0 Å². The SMILES string of the molecule is OC[C@@H]1OC(O)[C@H](OC(=S)I)[C@@H](O)[C@H]1O. The Morgan fingerprint density at radius 1 is 1.33 bits per heavy atom. The molecule has 0 bridgehead atoms. The van der Waals surface area contributed by atoms with E-state index >= 15 is 0 Å². The van der Waals surface area contributed by atoms with Gasteiger partial charge in [-0.15, -0.1) is 0 Å². The average Bonchev–Trinajstić information content (AvgIpc) is 2.18. The first kappa shape index (κ1) is 13.5. The lowest BCUT2D eigenvalue weighted by molar-refractivity contribution is -0.282. The lowest BCUT2D eigenvalue weighted by Gasteiger charge is -2.39. The maximum absolute atomic E-state index is 9.57. The van der Waals surface area contributed by atoms with Gasteiger partial charge in [0.15, 0.2) is 12.4 Å². The Bertz CT molecular complexity index is 240. The summed E-state index contributed by atoms with van der Waals surface area (Å²) in [6, 6.07) is 0. The molecule has 0 amide bonds. The van der Waals surface area contributed by atoms with E-state index in [1.807, 2.05) is 0 Å². The monoisotopic (exact) mass is 350 g/mol. The molecule has 0 aliphatic carbocycles. The summed E-state index contributed by atoms with van der Waals surface area (Å²) < 4.78 is 9.86. The first-order chi connectivity index (χ1) is 6.97. The Labute approximate surface area is 105 Å².